The Morgan fingerprint density at radius 3 is 2.14 bits per heavy atom. The third kappa shape index (κ3) is 6.48. The molecule has 4 rings (SSSR count). The van der Waals surface area contributed by atoms with Gasteiger partial charge in [0, 0.05) is 6.54 Å². The lowest BCUT2D eigenvalue weighted by Gasteiger charge is -2.23. The Morgan fingerprint density at radius 2 is 1.46 bits per heavy atom. The average molecular weight is 517 g/mol. The number of anilines is 2. The summed E-state index contributed by atoms with van der Waals surface area (Å²) in [4.78, 5) is 12.8. The molecule has 190 valence electrons. The van der Waals surface area contributed by atoms with Crippen molar-refractivity contribution < 1.29 is 22.7 Å². The predicted molar refractivity (Wildman–Crippen MR) is 145 cm³/mol. The fourth-order valence-corrected chi connectivity index (χ4v) is 5.12. The molecular weight excluding hydrogens is 488 g/mol. The average Bonchev–Trinajstić information content (AvgIpc) is 2.90. The minimum Gasteiger partial charge on any atom is -0.484 e. The maximum Gasteiger partial charge on any atom is 0.264 e. The topological polar surface area (TPSA) is 84.9 Å². The quantitative estimate of drug-likeness (QED) is 0.279. The van der Waals surface area contributed by atoms with Gasteiger partial charge in [-0.3, -0.25) is 9.10 Å². The molecule has 0 aliphatic heterocycles. The lowest BCUT2D eigenvalue weighted by Crippen LogP contribution is -2.30. The van der Waals surface area contributed by atoms with Gasteiger partial charge in [-0.05, 0) is 74.5 Å². The van der Waals surface area contributed by atoms with E-state index >= 15 is 0 Å². The van der Waals surface area contributed by atoms with Gasteiger partial charge in [-0.2, -0.15) is 0 Å². The van der Waals surface area contributed by atoms with Gasteiger partial charge in [0.15, 0.2) is 12.4 Å². The van der Waals surface area contributed by atoms with Crippen LogP contribution in [0.2, 0.25) is 0 Å². The number of para-hydroxylation sites is 3. The number of rotatable bonds is 10. The zero-order valence-electron chi connectivity index (χ0n) is 20.6. The number of hydrogen-bond acceptors (Lipinski definition) is 5. The van der Waals surface area contributed by atoms with Crippen LogP contribution in [-0.2, 0) is 14.8 Å². The van der Waals surface area contributed by atoms with Gasteiger partial charge in [-0.15, -0.1) is 0 Å². The molecule has 0 spiro atoms. The van der Waals surface area contributed by atoms with Crippen molar-refractivity contribution in [2.45, 2.75) is 18.7 Å². The van der Waals surface area contributed by atoms with Crippen molar-refractivity contribution in [2.24, 2.45) is 0 Å². The second-order valence-corrected chi connectivity index (χ2v) is 10.1. The molecule has 0 unspecified atom stereocenters. The van der Waals surface area contributed by atoms with Crippen molar-refractivity contribution in [1.82, 2.24) is 0 Å². The molecule has 0 aromatic heterocycles. The monoisotopic (exact) mass is 516 g/mol. The molecule has 0 heterocycles. The van der Waals surface area contributed by atoms with E-state index in [1.54, 1.807) is 73.7 Å². The molecule has 0 fully saturated rings. The van der Waals surface area contributed by atoms with E-state index in [1.165, 1.54) is 4.31 Å². The standard InChI is InChI=1S/C29H28N2O5S/c1-3-31(37(33,34)26-19-13-22(2)14-20-26)23-15-17-24(18-16-23)35-21-29(32)30-27-11-7-8-12-28(27)36-25-9-5-4-6-10-25/h4-20H,3,21H2,1-2H3,(H,30,32). The Balaban J connectivity index is 1.38. The van der Waals surface area contributed by atoms with Crippen LogP contribution in [-0.4, -0.2) is 27.5 Å². The van der Waals surface area contributed by atoms with Crippen LogP contribution in [0.4, 0.5) is 11.4 Å². The molecule has 4 aromatic carbocycles. The first-order valence-electron chi connectivity index (χ1n) is 11.8. The molecular formula is C29H28N2O5S. The number of aryl methyl sites for hydroxylation is 1. The smallest absolute Gasteiger partial charge is 0.264 e. The first-order chi connectivity index (χ1) is 17.9. The zero-order valence-corrected chi connectivity index (χ0v) is 21.4. The van der Waals surface area contributed by atoms with Crippen molar-refractivity contribution in [1.29, 1.82) is 0 Å². The number of nitrogens with one attached hydrogen (secondary N) is 1. The fraction of sp³-hybridized carbons (Fsp3) is 0.138. The normalized spacial score (nSPS) is 11.0. The van der Waals surface area contributed by atoms with E-state index < -0.39 is 10.0 Å². The van der Waals surface area contributed by atoms with E-state index in [1.807, 2.05) is 43.3 Å². The van der Waals surface area contributed by atoms with E-state index in [0.29, 0.717) is 28.6 Å². The largest absolute Gasteiger partial charge is 0.484 e. The maximum atomic E-state index is 13.1. The molecule has 37 heavy (non-hydrogen) atoms. The summed E-state index contributed by atoms with van der Waals surface area (Å²) in [6.07, 6.45) is 0. The Labute approximate surface area is 217 Å². The lowest BCUT2D eigenvalue weighted by atomic mass is 10.2. The molecule has 8 heteroatoms. The molecule has 0 bridgehead atoms. The van der Waals surface area contributed by atoms with Gasteiger partial charge in [0.1, 0.15) is 11.5 Å². The molecule has 0 radical (unpaired) electrons. The number of hydrogen-bond donors (Lipinski definition) is 1. The number of benzene rings is 4. The Bertz CT molecular complexity index is 1440. The highest BCUT2D eigenvalue weighted by Gasteiger charge is 2.23. The molecule has 1 amide bonds. The highest BCUT2D eigenvalue weighted by Crippen LogP contribution is 2.29. The summed E-state index contributed by atoms with van der Waals surface area (Å²) < 4.78 is 39.1. The van der Waals surface area contributed by atoms with Crippen LogP contribution in [0, 0.1) is 6.92 Å². The maximum absolute atomic E-state index is 13.1. The second-order valence-electron chi connectivity index (χ2n) is 8.22. The fourth-order valence-electron chi connectivity index (χ4n) is 3.65. The number of sulfonamides is 1. The Hall–Kier alpha value is -4.30. The third-order valence-electron chi connectivity index (χ3n) is 5.52. The van der Waals surface area contributed by atoms with Crippen LogP contribution < -0.4 is 19.1 Å². The molecule has 7 nitrogen and oxygen atoms in total. The second kappa shape index (κ2) is 11.6. The minimum atomic E-state index is -3.70. The van der Waals surface area contributed by atoms with Gasteiger partial charge in [0.25, 0.3) is 15.9 Å². The van der Waals surface area contributed by atoms with Crippen molar-refractivity contribution >= 4 is 27.3 Å². The van der Waals surface area contributed by atoms with Crippen molar-refractivity contribution in [3.63, 3.8) is 0 Å². The van der Waals surface area contributed by atoms with Crippen LogP contribution in [0.1, 0.15) is 12.5 Å². The summed E-state index contributed by atoms with van der Waals surface area (Å²) >= 11 is 0. The summed E-state index contributed by atoms with van der Waals surface area (Å²) in [6.45, 7) is 3.73. The van der Waals surface area contributed by atoms with Crippen LogP contribution in [0.5, 0.6) is 17.2 Å². The molecule has 0 atom stereocenters. The number of carbonyl (C=O) groups is 1. The summed E-state index contributed by atoms with van der Waals surface area (Å²) in [5.41, 5.74) is 2.02. The van der Waals surface area contributed by atoms with E-state index in [-0.39, 0.29) is 24.0 Å². The van der Waals surface area contributed by atoms with E-state index in [9.17, 15) is 13.2 Å². The first-order valence-corrected chi connectivity index (χ1v) is 13.2. The number of amides is 1. The summed E-state index contributed by atoms with van der Waals surface area (Å²) in [5, 5.41) is 2.81. The number of ether oxygens (including phenoxy) is 2. The van der Waals surface area contributed by atoms with Crippen molar-refractivity contribution in [3.05, 3.63) is 109 Å². The Kier molecular flexibility index (Phi) is 8.10. The van der Waals surface area contributed by atoms with Gasteiger partial charge in [0.05, 0.1) is 16.3 Å². The van der Waals surface area contributed by atoms with E-state index in [0.717, 1.165) is 5.56 Å². The molecule has 4 aromatic rings. The Morgan fingerprint density at radius 1 is 0.811 bits per heavy atom. The molecule has 0 saturated carbocycles. The van der Waals surface area contributed by atoms with Gasteiger partial charge >= 0.3 is 0 Å². The predicted octanol–water partition coefficient (Wildman–Crippen LogP) is 6.02. The zero-order chi connectivity index (χ0) is 26.3. The van der Waals surface area contributed by atoms with Gasteiger partial charge in [-0.25, -0.2) is 8.42 Å². The highest BCUT2D eigenvalue weighted by molar-refractivity contribution is 7.92. The number of carbonyl (C=O) groups excluding carboxylic acids is 1. The first kappa shape index (κ1) is 25.8. The molecule has 0 aliphatic rings. The van der Waals surface area contributed by atoms with Crippen LogP contribution in [0.15, 0.2) is 108 Å². The third-order valence-corrected chi connectivity index (χ3v) is 7.44. The molecule has 0 saturated heterocycles. The van der Waals surface area contributed by atoms with Crippen molar-refractivity contribution in [3.8, 4) is 17.2 Å². The minimum absolute atomic E-state index is 0.224. The van der Waals surface area contributed by atoms with Crippen molar-refractivity contribution in [2.75, 3.05) is 22.8 Å². The van der Waals surface area contributed by atoms with Crippen LogP contribution >= 0.6 is 0 Å². The van der Waals surface area contributed by atoms with Gasteiger partial charge in [-0.1, -0.05) is 48.0 Å². The van der Waals surface area contributed by atoms with Crippen LogP contribution in [0.25, 0.3) is 0 Å². The van der Waals surface area contributed by atoms with Gasteiger partial charge in [0.2, 0.25) is 0 Å². The summed E-state index contributed by atoms with van der Waals surface area (Å²) in [7, 11) is -3.70. The van der Waals surface area contributed by atoms with E-state index in [4.69, 9.17) is 9.47 Å². The highest BCUT2D eigenvalue weighted by atomic mass is 32.2. The lowest BCUT2D eigenvalue weighted by molar-refractivity contribution is -0.118. The summed E-state index contributed by atoms with van der Waals surface area (Å²) in [6, 6.07) is 29.8. The van der Waals surface area contributed by atoms with Crippen LogP contribution in [0.3, 0.4) is 0 Å². The number of nitrogens with zero attached hydrogens (tertiary/aromatic N) is 1. The summed E-state index contributed by atoms with van der Waals surface area (Å²) in [5.74, 6) is 1.26. The molecule has 1 N–H and O–H groups in total. The molecule has 0 aliphatic carbocycles. The SMILES string of the molecule is CCN(c1ccc(OCC(=O)Nc2ccccc2Oc2ccccc2)cc1)S(=O)(=O)c1ccc(C)cc1. The van der Waals surface area contributed by atoms with Gasteiger partial charge < -0.3 is 14.8 Å². The van der Waals surface area contributed by atoms with E-state index in [2.05, 4.69) is 5.32 Å².